The van der Waals surface area contributed by atoms with Crippen molar-refractivity contribution < 1.29 is 32.2 Å². The molecule has 226 valence electrons. The number of hydrogen-bond acceptors (Lipinski definition) is 7. The number of ether oxygens (including phenoxy) is 3. The van der Waals surface area contributed by atoms with E-state index in [9.17, 15) is 18.0 Å². The Bertz CT molecular complexity index is 1600. The first-order chi connectivity index (χ1) is 21.2. The van der Waals surface area contributed by atoms with Gasteiger partial charge in [-0.15, -0.1) is 0 Å². The summed E-state index contributed by atoms with van der Waals surface area (Å²) < 4.78 is 58.4. The number of alkyl halides is 3. The van der Waals surface area contributed by atoms with Crippen LogP contribution in [0.15, 0.2) is 103 Å². The molecule has 0 aliphatic carbocycles. The second-order valence-corrected chi connectivity index (χ2v) is 9.81. The molecule has 44 heavy (non-hydrogen) atoms. The summed E-state index contributed by atoms with van der Waals surface area (Å²) in [7, 11) is 2.85. The highest BCUT2D eigenvalue weighted by molar-refractivity contribution is 5.90. The van der Waals surface area contributed by atoms with Crippen LogP contribution in [0.1, 0.15) is 50.1 Å². The minimum Gasteiger partial charge on any atom is -0.465 e. The molecule has 0 N–H and O–H groups in total. The molecule has 5 aromatic rings. The maximum atomic E-state index is 13.2. The third-order valence-electron chi connectivity index (χ3n) is 7.00. The van der Waals surface area contributed by atoms with E-state index >= 15 is 0 Å². The molecule has 0 aliphatic heterocycles. The number of carbonyl (C=O) groups excluding carboxylic acids is 1. The molecule has 0 bridgehead atoms. The van der Waals surface area contributed by atoms with Crippen LogP contribution < -0.4 is 0 Å². The molecule has 0 saturated heterocycles. The van der Waals surface area contributed by atoms with Crippen LogP contribution in [0.2, 0.25) is 0 Å². The van der Waals surface area contributed by atoms with E-state index in [1.54, 1.807) is 11.7 Å². The summed E-state index contributed by atoms with van der Waals surface area (Å²) in [6.45, 7) is -0.463. The van der Waals surface area contributed by atoms with Gasteiger partial charge in [0, 0.05) is 7.05 Å². The van der Waals surface area contributed by atoms with Gasteiger partial charge < -0.3 is 14.2 Å². The van der Waals surface area contributed by atoms with Gasteiger partial charge in [-0.2, -0.15) is 18.3 Å². The lowest BCUT2D eigenvalue weighted by Crippen LogP contribution is -2.33. The summed E-state index contributed by atoms with van der Waals surface area (Å²) in [5.41, 5.74) is 0.352. The van der Waals surface area contributed by atoms with Crippen molar-refractivity contribution in [1.82, 2.24) is 19.7 Å². The van der Waals surface area contributed by atoms with Crippen LogP contribution in [-0.2, 0) is 52.9 Å². The summed E-state index contributed by atoms with van der Waals surface area (Å²) in [6, 6.07) is 31.4. The van der Waals surface area contributed by atoms with Crippen molar-refractivity contribution in [3.8, 4) is 0 Å². The number of halogens is 3. The number of nitrogens with zero attached hydrogens (tertiary/aromatic N) is 4. The van der Waals surface area contributed by atoms with Crippen LogP contribution in [0.4, 0.5) is 13.2 Å². The standard InChI is InChI=1S/C33H29F3N4O4/c1-40-30(38-29(39-40)21-43-20-27-26(31(41)42-2)18-19-28(37-27)33(34,35)36)22-44-32(23-12-6-3-7-13-23,24-14-8-4-9-15-24)25-16-10-5-11-17-25/h3-19H,20-22H2,1-2H3. The Morgan fingerprint density at radius 2 is 1.30 bits per heavy atom. The minimum atomic E-state index is -4.69. The Kier molecular flexibility index (Phi) is 9.17. The average molecular weight is 603 g/mol. The van der Waals surface area contributed by atoms with Crippen molar-refractivity contribution in [2.45, 2.75) is 31.6 Å². The summed E-state index contributed by atoms with van der Waals surface area (Å²) in [4.78, 5) is 20.3. The Balaban J connectivity index is 1.38. The van der Waals surface area contributed by atoms with E-state index in [-0.39, 0.29) is 30.3 Å². The Morgan fingerprint density at radius 3 is 1.80 bits per heavy atom. The smallest absolute Gasteiger partial charge is 0.433 e. The third kappa shape index (κ3) is 6.53. The van der Waals surface area contributed by atoms with Crippen LogP contribution in [0.25, 0.3) is 0 Å². The van der Waals surface area contributed by atoms with Crippen molar-refractivity contribution >= 4 is 5.97 Å². The maximum Gasteiger partial charge on any atom is 0.433 e. The molecule has 5 rings (SSSR count). The molecule has 0 amide bonds. The zero-order chi connectivity index (χ0) is 31.2. The van der Waals surface area contributed by atoms with Gasteiger partial charge in [-0.05, 0) is 28.8 Å². The Morgan fingerprint density at radius 1 is 0.750 bits per heavy atom. The largest absolute Gasteiger partial charge is 0.465 e. The molecule has 2 heterocycles. The summed E-state index contributed by atoms with van der Waals surface area (Å²) in [6.07, 6.45) is -4.69. The summed E-state index contributed by atoms with van der Waals surface area (Å²) >= 11 is 0. The van der Waals surface area contributed by atoms with E-state index in [1.807, 2.05) is 91.0 Å². The van der Waals surface area contributed by atoms with E-state index in [0.29, 0.717) is 5.82 Å². The second-order valence-electron chi connectivity index (χ2n) is 9.81. The zero-order valence-corrected chi connectivity index (χ0v) is 24.0. The van der Waals surface area contributed by atoms with Crippen LogP contribution in [0, 0.1) is 0 Å². The van der Waals surface area contributed by atoms with Crippen molar-refractivity contribution in [3.63, 3.8) is 0 Å². The molecule has 0 spiro atoms. The van der Waals surface area contributed by atoms with Gasteiger partial charge in [0.05, 0.1) is 25.0 Å². The van der Waals surface area contributed by atoms with Crippen molar-refractivity contribution in [2.24, 2.45) is 7.05 Å². The number of pyridine rings is 1. The topological polar surface area (TPSA) is 88.4 Å². The van der Waals surface area contributed by atoms with Gasteiger partial charge in [-0.25, -0.2) is 14.8 Å². The van der Waals surface area contributed by atoms with E-state index in [4.69, 9.17) is 9.47 Å². The number of hydrogen-bond donors (Lipinski definition) is 0. The molecule has 0 atom stereocenters. The van der Waals surface area contributed by atoms with Gasteiger partial charge in [0.2, 0.25) is 0 Å². The number of carbonyl (C=O) groups is 1. The Labute approximate surface area is 252 Å². The quantitative estimate of drug-likeness (QED) is 0.131. The molecule has 0 radical (unpaired) electrons. The van der Waals surface area contributed by atoms with Gasteiger partial charge in [-0.1, -0.05) is 91.0 Å². The highest BCUT2D eigenvalue weighted by atomic mass is 19.4. The summed E-state index contributed by atoms with van der Waals surface area (Å²) in [5.74, 6) is -0.0374. The van der Waals surface area contributed by atoms with Gasteiger partial charge >= 0.3 is 12.1 Å². The van der Waals surface area contributed by atoms with Gasteiger partial charge in [-0.3, -0.25) is 4.68 Å². The first-order valence-corrected chi connectivity index (χ1v) is 13.6. The molecule has 0 fully saturated rings. The van der Waals surface area contributed by atoms with Gasteiger partial charge in [0.25, 0.3) is 0 Å². The predicted molar refractivity (Wildman–Crippen MR) is 154 cm³/mol. The number of aryl methyl sites for hydroxylation is 1. The van der Waals surface area contributed by atoms with Crippen molar-refractivity contribution in [1.29, 1.82) is 0 Å². The number of esters is 1. The molecule has 0 saturated carbocycles. The number of methoxy groups -OCH3 is 1. The number of rotatable bonds is 11. The SMILES string of the molecule is COC(=O)c1ccc(C(F)(F)F)nc1COCc1nc(COC(c2ccccc2)(c2ccccc2)c2ccccc2)n(C)n1. The normalized spacial score (nSPS) is 11.8. The first kappa shape index (κ1) is 30.6. The van der Waals surface area contributed by atoms with Gasteiger partial charge in [0.1, 0.15) is 24.5 Å². The highest BCUT2D eigenvalue weighted by Crippen LogP contribution is 2.41. The molecule has 2 aromatic heterocycles. The van der Waals surface area contributed by atoms with Crippen molar-refractivity contribution in [3.05, 3.63) is 148 Å². The molecule has 8 nitrogen and oxygen atoms in total. The monoisotopic (exact) mass is 602 g/mol. The lowest BCUT2D eigenvalue weighted by Gasteiger charge is -2.35. The van der Waals surface area contributed by atoms with Crippen molar-refractivity contribution in [2.75, 3.05) is 7.11 Å². The Hall–Kier alpha value is -4.87. The predicted octanol–water partition coefficient (Wildman–Crippen LogP) is 6.24. The van der Waals surface area contributed by atoms with Crippen LogP contribution in [0.5, 0.6) is 0 Å². The first-order valence-electron chi connectivity index (χ1n) is 13.6. The van der Waals surface area contributed by atoms with E-state index in [1.165, 1.54) is 0 Å². The highest BCUT2D eigenvalue weighted by Gasteiger charge is 2.38. The molecule has 0 aliphatic rings. The second kappa shape index (κ2) is 13.2. The minimum absolute atomic E-state index is 0.0733. The number of benzene rings is 3. The van der Waals surface area contributed by atoms with E-state index in [0.717, 1.165) is 35.9 Å². The summed E-state index contributed by atoms with van der Waals surface area (Å²) in [5, 5.41) is 4.40. The maximum absolute atomic E-state index is 13.2. The van der Waals surface area contributed by atoms with E-state index in [2.05, 4.69) is 19.8 Å². The lowest BCUT2D eigenvalue weighted by atomic mass is 9.80. The molecule has 3 aromatic carbocycles. The van der Waals surface area contributed by atoms with Crippen LogP contribution >= 0.6 is 0 Å². The average Bonchev–Trinajstić information content (AvgIpc) is 3.40. The molecular weight excluding hydrogens is 573 g/mol. The zero-order valence-electron chi connectivity index (χ0n) is 24.0. The fourth-order valence-corrected chi connectivity index (χ4v) is 4.91. The number of aromatic nitrogens is 4. The fraction of sp³-hybridized carbons (Fsp3) is 0.212. The lowest BCUT2D eigenvalue weighted by molar-refractivity contribution is -0.141. The molecule has 0 unspecified atom stereocenters. The van der Waals surface area contributed by atoms with Gasteiger partial charge in [0.15, 0.2) is 11.6 Å². The van der Waals surface area contributed by atoms with E-state index < -0.39 is 30.0 Å². The third-order valence-corrected chi connectivity index (χ3v) is 7.00. The van der Waals surface area contributed by atoms with Crippen LogP contribution in [0.3, 0.4) is 0 Å². The fourth-order valence-electron chi connectivity index (χ4n) is 4.91. The van der Waals surface area contributed by atoms with Crippen LogP contribution in [-0.4, -0.2) is 32.8 Å². The molecular formula is C33H29F3N4O4. The molecule has 11 heteroatoms.